The normalized spacial score (nSPS) is 28.4. The number of nitrogens with one attached hydrogen (secondary N) is 1. The van der Waals surface area contributed by atoms with Gasteiger partial charge in [0, 0.05) is 31.1 Å². The standard InChI is InChI=1S/C15H28N4O2/c1-11-4-3-5-12(2)19(11)10-14(20)18-8-6-13(7-9-18)15(21)17-16/h11-13H,3-10,16H2,1-2H3,(H,17,21). The lowest BCUT2D eigenvalue weighted by atomic mass is 9.95. The van der Waals surface area contributed by atoms with Gasteiger partial charge in [-0.2, -0.15) is 0 Å². The van der Waals surface area contributed by atoms with Crippen LogP contribution in [0.25, 0.3) is 0 Å². The van der Waals surface area contributed by atoms with Gasteiger partial charge in [-0.25, -0.2) is 5.84 Å². The van der Waals surface area contributed by atoms with Crippen LogP contribution in [0.5, 0.6) is 0 Å². The van der Waals surface area contributed by atoms with Gasteiger partial charge in [0.25, 0.3) is 0 Å². The second-order valence-electron chi connectivity index (χ2n) is 6.46. The summed E-state index contributed by atoms with van der Waals surface area (Å²) in [4.78, 5) is 28.2. The number of nitrogens with two attached hydrogens (primary N) is 1. The summed E-state index contributed by atoms with van der Waals surface area (Å²) in [6, 6.07) is 0.969. The van der Waals surface area contributed by atoms with Crippen molar-refractivity contribution in [2.24, 2.45) is 11.8 Å². The Kier molecular flexibility index (Phi) is 5.58. The summed E-state index contributed by atoms with van der Waals surface area (Å²) in [5.74, 6) is 5.20. The van der Waals surface area contributed by atoms with Gasteiger partial charge in [-0.05, 0) is 39.5 Å². The molecule has 2 heterocycles. The zero-order valence-electron chi connectivity index (χ0n) is 13.2. The van der Waals surface area contributed by atoms with E-state index < -0.39 is 0 Å². The van der Waals surface area contributed by atoms with Crippen LogP contribution in [-0.2, 0) is 9.59 Å². The summed E-state index contributed by atoms with van der Waals surface area (Å²) in [7, 11) is 0. The van der Waals surface area contributed by atoms with Crippen molar-refractivity contribution < 1.29 is 9.59 Å². The highest BCUT2D eigenvalue weighted by Crippen LogP contribution is 2.23. The third kappa shape index (κ3) is 3.95. The number of amides is 2. The monoisotopic (exact) mass is 296 g/mol. The Morgan fingerprint density at radius 1 is 1.10 bits per heavy atom. The Hall–Kier alpha value is -1.14. The van der Waals surface area contributed by atoms with Crippen LogP contribution in [0.4, 0.5) is 0 Å². The van der Waals surface area contributed by atoms with Crippen molar-refractivity contribution in [1.82, 2.24) is 15.2 Å². The maximum absolute atomic E-state index is 12.5. The molecule has 2 aliphatic heterocycles. The first-order valence-corrected chi connectivity index (χ1v) is 8.07. The highest BCUT2D eigenvalue weighted by Gasteiger charge is 2.31. The van der Waals surface area contributed by atoms with E-state index in [-0.39, 0.29) is 17.7 Å². The van der Waals surface area contributed by atoms with Gasteiger partial charge in [0.1, 0.15) is 0 Å². The first-order chi connectivity index (χ1) is 10.0. The van der Waals surface area contributed by atoms with Gasteiger partial charge in [0.2, 0.25) is 11.8 Å². The maximum Gasteiger partial charge on any atom is 0.237 e. The molecular weight excluding hydrogens is 268 g/mol. The highest BCUT2D eigenvalue weighted by molar-refractivity contribution is 5.80. The molecule has 0 aromatic heterocycles. The predicted molar refractivity (Wildman–Crippen MR) is 81.1 cm³/mol. The minimum atomic E-state index is -0.111. The summed E-state index contributed by atoms with van der Waals surface area (Å²) >= 11 is 0. The van der Waals surface area contributed by atoms with Crippen molar-refractivity contribution >= 4 is 11.8 Å². The van der Waals surface area contributed by atoms with Crippen molar-refractivity contribution in [1.29, 1.82) is 0 Å². The molecule has 6 heteroatoms. The molecular formula is C15H28N4O2. The van der Waals surface area contributed by atoms with E-state index in [1.807, 2.05) is 4.90 Å². The Morgan fingerprint density at radius 2 is 1.67 bits per heavy atom. The van der Waals surface area contributed by atoms with Gasteiger partial charge >= 0.3 is 0 Å². The second kappa shape index (κ2) is 7.22. The molecule has 0 aliphatic carbocycles. The molecule has 2 rings (SSSR count). The van der Waals surface area contributed by atoms with Crippen molar-refractivity contribution in [2.45, 2.75) is 58.0 Å². The third-order valence-electron chi connectivity index (χ3n) is 5.05. The Bertz CT molecular complexity index is 370. The zero-order valence-corrected chi connectivity index (χ0v) is 13.2. The maximum atomic E-state index is 12.5. The van der Waals surface area contributed by atoms with E-state index in [4.69, 9.17) is 5.84 Å². The highest BCUT2D eigenvalue weighted by atomic mass is 16.2. The Balaban J connectivity index is 1.83. The smallest absolute Gasteiger partial charge is 0.237 e. The molecule has 2 fully saturated rings. The van der Waals surface area contributed by atoms with Crippen molar-refractivity contribution in [3.05, 3.63) is 0 Å². The summed E-state index contributed by atoms with van der Waals surface area (Å²) in [6.07, 6.45) is 5.03. The molecule has 120 valence electrons. The number of hydrogen-bond donors (Lipinski definition) is 2. The van der Waals surface area contributed by atoms with Gasteiger partial charge in [-0.1, -0.05) is 6.42 Å². The Morgan fingerprint density at radius 3 is 2.19 bits per heavy atom. The summed E-state index contributed by atoms with van der Waals surface area (Å²) < 4.78 is 0. The van der Waals surface area contributed by atoms with Crippen LogP contribution in [0.1, 0.15) is 46.0 Å². The number of nitrogens with zero attached hydrogens (tertiary/aromatic N) is 2. The van der Waals surface area contributed by atoms with Crippen LogP contribution in [0.3, 0.4) is 0 Å². The van der Waals surface area contributed by atoms with Crippen LogP contribution in [-0.4, -0.2) is 53.3 Å². The molecule has 2 unspecified atom stereocenters. The number of hydrazine groups is 1. The number of piperidine rings is 2. The fraction of sp³-hybridized carbons (Fsp3) is 0.867. The summed E-state index contributed by atoms with van der Waals surface area (Å²) in [6.45, 7) is 6.25. The van der Waals surface area contributed by atoms with E-state index in [1.54, 1.807) is 0 Å². The number of hydrogen-bond acceptors (Lipinski definition) is 4. The average Bonchev–Trinajstić information content (AvgIpc) is 2.50. The van der Waals surface area contributed by atoms with Crippen molar-refractivity contribution in [2.75, 3.05) is 19.6 Å². The van der Waals surface area contributed by atoms with E-state index in [9.17, 15) is 9.59 Å². The van der Waals surface area contributed by atoms with Crippen LogP contribution in [0, 0.1) is 5.92 Å². The lowest BCUT2D eigenvalue weighted by Crippen LogP contribution is -2.51. The fourth-order valence-electron chi connectivity index (χ4n) is 3.55. The second-order valence-corrected chi connectivity index (χ2v) is 6.46. The third-order valence-corrected chi connectivity index (χ3v) is 5.05. The first kappa shape index (κ1) is 16.2. The molecule has 2 saturated heterocycles. The minimum Gasteiger partial charge on any atom is -0.342 e. The van der Waals surface area contributed by atoms with Gasteiger partial charge in [-0.3, -0.25) is 19.9 Å². The lowest BCUT2D eigenvalue weighted by molar-refractivity contribution is -0.137. The molecule has 6 nitrogen and oxygen atoms in total. The van der Waals surface area contributed by atoms with Gasteiger partial charge < -0.3 is 4.90 Å². The quantitative estimate of drug-likeness (QED) is 0.451. The summed E-state index contributed by atoms with van der Waals surface area (Å²) in [5.41, 5.74) is 2.21. The molecule has 2 aliphatic rings. The van der Waals surface area contributed by atoms with E-state index in [2.05, 4.69) is 24.2 Å². The van der Waals surface area contributed by atoms with Gasteiger partial charge in [0.15, 0.2) is 0 Å². The average molecular weight is 296 g/mol. The van der Waals surface area contributed by atoms with Crippen LogP contribution in [0.15, 0.2) is 0 Å². The number of rotatable bonds is 3. The van der Waals surface area contributed by atoms with E-state index in [1.165, 1.54) is 19.3 Å². The van der Waals surface area contributed by atoms with Crippen LogP contribution < -0.4 is 11.3 Å². The van der Waals surface area contributed by atoms with E-state index in [0.717, 1.165) is 0 Å². The zero-order chi connectivity index (χ0) is 15.4. The van der Waals surface area contributed by atoms with Gasteiger partial charge in [-0.15, -0.1) is 0 Å². The molecule has 0 spiro atoms. The Labute approximate surface area is 127 Å². The van der Waals surface area contributed by atoms with Gasteiger partial charge in [0.05, 0.1) is 6.54 Å². The molecule has 0 saturated carbocycles. The SMILES string of the molecule is CC1CCCC(C)N1CC(=O)N1CCC(C(=O)NN)CC1. The predicted octanol–water partition coefficient (Wildman–Crippen LogP) is 0.478. The van der Waals surface area contributed by atoms with Crippen LogP contribution >= 0.6 is 0 Å². The molecule has 0 radical (unpaired) electrons. The molecule has 2 amide bonds. The van der Waals surface area contributed by atoms with Crippen molar-refractivity contribution in [3.8, 4) is 0 Å². The summed E-state index contributed by atoms with van der Waals surface area (Å²) in [5, 5.41) is 0. The molecule has 0 aromatic rings. The fourth-order valence-corrected chi connectivity index (χ4v) is 3.55. The van der Waals surface area contributed by atoms with E-state index >= 15 is 0 Å². The molecule has 3 N–H and O–H groups in total. The molecule has 0 bridgehead atoms. The lowest BCUT2D eigenvalue weighted by Gasteiger charge is -2.40. The van der Waals surface area contributed by atoms with Crippen LogP contribution in [0.2, 0.25) is 0 Å². The first-order valence-electron chi connectivity index (χ1n) is 8.07. The molecule has 21 heavy (non-hydrogen) atoms. The largest absolute Gasteiger partial charge is 0.342 e. The number of carbonyl (C=O) groups excluding carboxylic acids is 2. The molecule has 2 atom stereocenters. The topological polar surface area (TPSA) is 78.7 Å². The molecule has 0 aromatic carbocycles. The number of likely N-dealkylation sites (tertiary alicyclic amines) is 2. The van der Waals surface area contributed by atoms with Crippen molar-refractivity contribution in [3.63, 3.8) is 0 Å². The van der Waals surface area contributed by atoms with E-state index in [0.29, 0.717) is 44.6 Å². The number of carbonyl (C=O) groups is 2. The minimum absolute atomic E-state index is 0.0492.